The largest absolute Gasteiger partial charge is 0.465 e. The molecule has 0 aliphatic carbocycles. The molecule has 8 nitrogen and oxygen atoms in total. The summed E-state index contributed by atoms with van der Waals surface area (Å²) in [6.45, 7) is 1.12. The number of amides is 3. The maximum absolute atomic E-state index is 12.8. The monoisotopic (exact) mass is 359 g/mol. The summed E-state index contributed by atoms with van der Waals surface area (Å²) in [5, 5.41) is 0. The molecule has 1 aromatic rings. The number of rotatable bonds is 4. The van der Waals surface area contributed by atoms with Crippen LogP contribution in [0.1, 0.15) is 29.6 Å². The first-order valence-corrected chi connectivity index (χ1v) is 8.51. The van der Waals surface area contributed by atoms with Crippen molar-refractivity contribution in [2.24, 2.45) is 11.7 Å². The van der Waals surface area contributed by atoms with Gasteiger partial charge in [0.05, 0.1) is 30.8 Å². The van der Waals surface area contributed by atoms with Crippen LogP contribution < -0.4 is 10.6 Å². The molecule has 0 bridgehead atoms. The van der Waals surface area contributed by atoms with Gasteiger partial charge in [-0.2, -0.15) is 0 Å². The second-order valence-corrected chi connectivity index (χ2v) is 6.54. The summed E-state index contributed by atoms with van der Waals surface area (Å²) in [4.78, 5) is 51.1. The SMILES string of the molecule is COC(=O)c1ccc(N2C(=O)C[C@H](N3CCC(C(N)=O)CC3)C2=O)cc1. The molecule has 0 unspecified atom stereocenters. The Hall–Kier alpha value is -2.74. The van der Waals surface area contributed by atoms with Gasteiger partial charge in [0, 0.05) is 5.92 Å². The lowest BCUT2D eigenvalue weighted by Gasteiger charge is -2.33. The van der Waals surface area contributed by atoms with Crippen molar-refractivity contribution < 1.29 is 23.9 Å². The van der Waals surface area contributed by atoms with Crippen molar-refractivity contribution in [3.63, 3.8) is 0 Å². The summed E-state index contributed by atoms with van der Waals surface area (Å²) < 4.78 is 4.64. The topological polar surface area (TPSA) is 110 Å². The molecule has 0 radical (unpaired) electrons. The van der Waals surface area contributed by atoms with Crippen molar-refractivity contribution in [2.45, 2.75) is 25.3 Å². The number of imide groups is 1. The van der Waals surface area contributed by atoms with Gasteiger partial charge in [-0.3, -0.25) is 19.3 Å². The van der Waals surface area contributed by atoms with Crippen LogP contribution in [0.2, 0.25) is 0 Å². The zero-order valence-electron chi connectivity index (χ0n) is 14.5. The van der Waals surface area contributed by atoms with Gasteiger partial charge in [0.1, 0.15) is 0 Å². The minimum Gasteiger partial charge on any atom is -0.465 e. The van der Waals surface area contributed by atoms with Crippen LogP contribution >= 0.6 is 0 Å². The predicted octanol–water partition coefficient (Wildman–Crippen LogP) is 0.302. The van der Waals surface area contributed by atoms with Gasteiger partial charge in [-0.1, -0.05) is 0 Å². The summed E-state index contributed by atoms with van der Waals surface area (Å²) in [6.07, 6.45) is 1.31. The van der Waals surface area contributed by atoms with E-state index in [1.807, 2.05) is 4.90 Å². The fourth-order valence-electron chi connectivity index (χ4n) is 3.53. The number of hydrogen-bond donors (Lipinski definition) is 1. The lowest BCUT2D eigenvalue weighted by molar-refractivity contribution is -0.124. The molecule has 138 valence electrons. The Kier molecular flexibility index (Phi) is 5.03. The van der Waals surface area contributed by atoms with E-state index in [4.69, 9.17) is 5.73 Å². The fraction of sp³-hybridized carbons (Fsp3) is 0.444. The van der Waals surface area contributed by atoms with Crippen molar-refractivity contribution in [1.82, 2.24) is 4.90 Å². The molecule has 2 heterocycles. The number of benzene rings is 1. The third-order valence-electron chi connectivity index (χ3n) is 5.04. The van der Waals surface area contributed by atoms with Gasteiger partial charge >= 0.3 is 5.97 Å². The fourth-order valence-corrected chi connectivity index (χ4v) is 3.53. The maximum Gasteiger partial charge on any atom is 0.337 e. The van der Waals surface area contributed by atoms with E-state index in [0.29, 0.717) is 37.2 Å². The van der Waals surface area contributed by atoms with Gasteiger partial charge in [-0.05, 0) is 50.2 Å². The molecule has 1 atom stereocenters. The minimum atomic E-state index is -0.517. The first-order valence-electron chi connectivity index (χ1n) is 8.51. The number of anilines is 1. The Balaban J connectivity index is 1.71. The van der Waals surface area contributed by atoms with Crippen molar-refractivity contribution in [3.05, 3.63) is 29.8 Å². The lowest BCUT2D eigenvalue weighted by atomic mass is 9.95. The normalized spacial score (nSPS) is 21.9. The second-order valence-electron chi connectivity index (χ2n) is 6.54. The average molecular weight is 359 g/mol. The number of likely N-dealkylation sites (tertiary alicyclic amines) is 1. The molecule has 2 N–H and O–H groups in total. The Bertz CT molecular complexity index is 738. The van der Waals surface area contributed by atoms with Crippen LogP contribution in [-0.4, -0.2) is 54.8 Å². The smallest absolute Gasteiger partial charge is 0.337 e. The maximum atomic E-state index is 12.8. The number of methoxy groups -OCH3 is 1. The molecule has 2 fully saturated rings. The molecular weight excluding hydrogens is 338 g/mol. The van der Waals surface area contributed by atoms with E-state index < -0.39 is 12.0 Å². The molecule has 2 aliphatic heterocycles. The average Bonchev–Trinajstić information content (AvgIpc) is 2.95. The quantitative estimate of drug-likeness (QED) is 0.612. The first-order chi connectivity index (χ1) is 12.4. The number of ether oxygens (including phenoxy) is 1. The van der Waals surface area contributed by atoms with E-state index in [1.54, 1.807) is 12.1 Å². The van der Waals surface area contributed by atoms with E-state index in [0.717, 1.165) is 4.90 Å². The number of primary amides is 1. The molecule has 1 aromatic carbocycles. The van der Waals surface area contributed by atoms with Gasteiger partial charge in [0.25, 0.3) is 5.91 Å². The number of esters is 1. The van der Waals surface area contributed by atoms with E-state index in [2.05, 4.69) is 4.74 Å². The predicted molar refractivity (Wildman–Crippen MR) is 92.2 cm³/mol. The highest BCUT2D eigenvalue weighted by atomic mass is 16.5. The number of nitrogens with two attached hydrogens (primary N) is 1. The number of hydrogen-bond acceptors (Lipinski definition) is 6. The van der Waals surface area contributed by atoms with E-state index in [-0.39, 0.29) is 30.1 Å². The molecule has 2 aliphatic rings. The number of piperidine rings is 1. The highest BCUT2D eigenvalue weighted by Gasteiger charge is 2.43. The molecule has 0 aromatic heterocycles. The Labute approximate surface area is 150 Å². The van der Waals surface area contributed by atoms with Gasteiger partial charge in [-0.25, -0.2) is 9.69 Å². The number of carbonyl (C=O) groups excluding carboxylic acids is 4. The lowest BCUT2D eigenvalue weighted by Crippen LogP contribution is -2.47. The molecule has 3 amide bonds. The molecule has 26 heavy (non-hydrogen) atoms. The molecule has 0 spiro atoms. The standard InChI is InChI=1S/C18H21N3O5/c1-26-18(25)12-2-4-13(5-3-12)21-15(22)10-14(17(21)24)20-8-6-11(7-9-20)16(19)23/h2-5,11,14H,6-10H2,1H3,(H2,19,23)/t14-/m0/s1. The Morgan fingerprint density at radius 3 is 2.27 bits per heavy atom. The number of nitrogens with zero attached hydrogens (tertiary/aromatic N) is 2. The number of carbonyl (C=O) groups is 4. The molecule has 3 rings (SSSR count). The van der Waals surface area contributed by atoms with E-state index >= 15 is 0 Å². The molecule has 0 saturated carbocycles. The molecule has 8 heteroatoms. The van der Waals surface area contributed by atoms with Crippen LogP contribution in [0.15, 0.2) is 24.3 Å². The van der Waals surface area contributed by atoms with Crippen molar-refractivity contribution in [1.29, 1.82) is 0 Å². The Morgan fingerprint density at radius 2 is 1.73 bits per heavy atom. The van der Waals surface area contributed by atoms with E-state index in [1.165, 1.54) is 19.2 Å². The molecular formula is C18H21N3O5. The van der Waals surface area contributed by atoms with Crippen LogP contribution in [0.4, 0.5) is 5.69 Å². The zero-order chi connectivity index (χ0) is 18.8. The second kappa shape index (κ2) is 7.25. The van der Waals surface area contributed by atoms with Crippen LogP contribution in [0.25, 0.3) is 0 Å². The van der Waals surface area contributed by atoms with Gasteiger partial charge in [0.2, 0.25) is 11.8 Å². The van der Waals surface area contributed by atoms with E-state index in [9.17, 15) is 19.2 Å². The van der Waals surface area contributed by atoms with Gasteiger partial charge in [0.15, 0.2) is 0 Å². The highest BCUT2D eigenvalue weighted by molar-refractivity contribution is 6.22. The third-order valence-corrected chi connectivity index (χ3v) is 5.04. The van der Waals surface area contributed by atoms with Gasteiger partial charge < -0.3 is 10.5 Å². The van der Waals surface area contributed by atoms with Gasteiger partial charge in [-0.15, -0.1) is 0 Å². The van der Waals surface area contributed by atoms with Crippen LogP contribution in [0.5, 0.6) is 0 Å². The highest BCUT2D eigenvalue weighted by Crippen LogP contribution is 2.28. The summed E-state index contributed by atoms with van der Waals surface area (Å²) >= 11 is 0. The molecule has 2 saturated heterocycles. The van der Waals surface area contributed by atoms with Crippen LogP contribution in [0, 0.1) is 5.92 Å². The van der Waals surface area contributed by atoms with Crippen molar-refractivity contribution >= 4 is 29.4 Å². The third kappa shape index (κ3) is 3.32. The van der Waals surface area contributed by atoms with Crippen molar-refractivity contribution in [3.8, 4) is 0 Å². The van der Waals surface area contributed by atoms with Crippen molar-refractivity contribution in [2.75, 3.05) is 25.1 Å². The minimum absolute atomic E-state index is 0.110. The summed E-state index contributed by atoms with van der Waals surface area (Å²) in [7, 11) is 1.29. The summed E-state index contributed by atoms with van der Waals surface area (Å²) in [5.74, 6) is -1.52. The zero-order valence-corrected chi connectivity index (χ0v) is 14.5. The summed E-state index contributed by atoms with van der Waals surface area (Å²) in [5.41, 5.74) is 6.12. The Morgan fingerprint density at radius 1 is 1.12 bits per heavy atom. The summed E-state index contributed by atoms with van der Waals surface area (Å²) in [6, 6.07) is 5.64. The van der Waals surface area contributed by atoms with Crippen LogP contribution in [0.3, 0.4) is 0 Å². The van der Waals surface area contributed by atoms with Crippen LogP contribution in [-0.2, 0) is 19.1 Å². The first kappa shape index (κ1) is 18.1.